The molecule has 0 radical (unpaired) electrons. The summed E-state index contributed by atoms with van der Waals surface area (Å²) in [5.74, 6) is -0.544. The molecule has 1 aliphatic heterocycles. The van der Waals surface area contributed by atoms with E-state index >= 15 is 0 Å². The molecule has 9 heteroatoms. The van der Waals surface area contributed by atoms with E-state index in [1.807, 2.05) is 6.92 Å². The second-order valence-electron chi connectivity index (χ2n) is 6.45. The van der Waals surface area contributed by atoms with Crippen molar-refractivity contribution in [1.82, 2.24) is 5.32 Å². The van der Waals surface area contributed by atoms with Crippen LogP contribution in [0.4, 0.5) is 5.69 Å². The molecule has 1 fully saturated rings. The standard InChI is InChI=1S/C22H21ClN2O5S/c1-3-16(21(27)28)30-17-10-5-13(11-18(17)29-4-2)12-19-20(26)25-22(31-19)24-15-8-6-14(23)7-9-15/h5-12,16H,3-4H2,1-2H3,(H,27,28)(H,24,25,26)/b19-12+. The third-order valence-corrected chi connectivity index (χ3v) is 5.35. The number of amidine groups is 1. The summed E-state index contributed by atoms with van der Waals surface area (Å²) >= 11 is 7.10. The molecular weight excluding hydrogens is 440 g/mol. The van der Waals surface area contributed by atoms with Crippen LogP contribution in [0, 0.1) is 0 Å². The lowest BCUT2D eigenvalue weighted by molar-refractivity contribution is -0.145. The number of benzene rings is 2. The summed E-state index contributed by atoms with van der Waals surface area (Å²) in [6.45, 7) is 3.94. The van der Waals surface area contributed by atoms with Crippen LogP contribution in [0.25, 0.3) is 6.08 Å². The van der Waals surface area contributed by atoms with Crippen LogP contribution in [-0.2, 0) is 9.59 Å². The molecule has 0 aromatic heterocycles. The summed E-state index contributed by atoms with van der Waals surface area (Å²) in [5, 5.41) is 13.0. The summed E-state index contributed by atoms with van der Waals surface area (Å²) in [7, 11) is 0. The van der Waals surface area contributed by atoms with Crippen LogP contribution >= 0.6 is 23.4 Å². The van der Waals surface area contributed by atoms with Gasteiger partial charge in [-0.2, -0.15) is 0 Å². The lowest BCUT2D eigenvalue weighted by Gasteiger charge is -2.16. The second kappa shape index (κ2) is 10.4. The summed E-state index contributed by atoms with van der Waals surface area (Å²) in [4.78, 5) is 28.5. The lowest BCUT2D eigenvalue weighted by Crippen LogP contribution is -2.26. The third kappa shape index (κ3) is 6.02. The van der Waals surface area contributed by atoms with E-state index in [1.54, 1.807) is 55.5 Å². The van der Waals surface area contributed by atoms with Crippen molar-refractivity contribution >= 4 is 52.2 Å². The number of carbonyl (C=O) groups is 2. The predicted molar refractivity (Wildman–Crippen MR) is 122 cm³/mol. The van der Waals surface area contributed by atoms with Gasteiger partial charge in [0.15, 0.2) is 22.8 Å². The Labute approximate surface area is 189 Å². The molecule has 3 rings (SSSR count). The monoisotopic (exact) mass is 460 g/mol. The van der Waals surface area contributed by atoms with Crippen molar-refractivity contribution in [2.75, 3.05) is 6.61 Å². The van der Waals surface area contributed by atoms with Gasteiger partial charge in [0.25, 0.3) is 5.91 Å². The molecular formula is C22H21ClN2O5S. The first-order valence-corrected chi connectivity index (χ1v) is 10.8. The van der Waals surface area contributed by atoms with E-state index in [2.05, 4.69) is 10.3 Å². The maximum atomic E-state index is 12.3. The van der Waals surface area contributed by atoms with Crippen molar-refractivity contribution in [2.45, 2.75) is 26.4 Å². The SMILES string of the molecule is CCOc1cc(/C=C2/SC(=Nc3ccc(Cl)cc3)NC2=O)ccc1OC(CC)C(=O)O. The number of aliphatic carboxylic acids is 1. The van der Waals surface area contributed by atoms with E-state index in [0.29, 0.717) is 50.9 Å². The second-order valence-corrected chi connectivity index (χ2v) is 7.92. The van der Waals surface area contributed by atoms with E-state index in [1.165, 1.54) is 11.8 Å². The number of halogens is 1. The van der Waals surface area contributed by atoms with Crippen LogP contribution in [0.3, 0.4) is 0 Å². The molecule has 0 saturated carbocycles. The Balaban J connectivity index is 1.82. The first-order chi connectivity index (χ1) is 14.9. The van der Waals surface area contributed by atoms with E-state index in [0.717, 1.165) is 0 Å². The van der Waals surface area contributed by atoms with E-state index < -0.39 is 12.1 Å². The summed E-state index contributed by atoms with van der Waals surface area (Å²) in [6, 6.07) is 12.1. The predicted octanol–water partition coefficient (Wildman–Crippen LogP) is 4.87. The molecule has 162 valence electrons. The fourth-order valence-corrected chi connectivity index (χ4v) is 3.67. The number of amides is 1. The van der Waals surface area contributed by atoms with Crippen LogP contribution < -0.4 is 14.8 Å². The van der Waals surface area contributed by atoms with Gasteiger partial charge in [-0.1, -0.05) is 24.6 Å². The molecule has 2 aromatic rings. The maximum Gasteiger partial charge on any atom is 0.344 e. The Kier molecular flexibility index (Phi) is 7.59. The smallest absolute Gasteiger partial charge is 0.344 e. The van der Waals surface area contributed by atoms with Gasteiger partial charge >= 0.3 is 5.97 Å². The van der Waals surface area contributed by atoms with Gasteiger partial charge in [-0.25, -0.2) is 9.79 Å². The Bertz CT molecular complexity index is 1040. The van der Waals surface area contributed by atoms with Gasteiger partial charge in [-0.3, -0.25) is 4.79 Å². The van der Waals surface area contributed by atoms with Gasteiger partial charge < -0.3 is 19.9 Å². The molecule has 2 aromatic carbocycles. The molecule has 0 spiro atoms. The van der Waals surface area contributed by atoms with Crippen molar-refractivity contribution in [3.05, 3.63) is 58.0 Å². The largest absolute Gasteiger partial charge is 0.490 e. The number of rotatable bonds is 8. The van der Waals surface area contributed by atoms with Crippen molar-refractivity contribution in [3.8, 4) is 11.5 Å². The fraction of sp³-hybridized carbons (Fsp3) is 0.227. The van der Waals surface area contributed by atoms with Crippen LogP contribution in [0.5, 0.6) is 11.5 Å². The van der Waals surface area contributed by atoms with E-state index in [9.17, 15) is 14.7 Å². The molecule has 1 amide bonds. The first kappa shape index (κ1) is 22.7. The van der Waals surface area contributed by atoms with Crippen LogP contribution in [-0.4, -0.2) is 34.9 Å². The van der Waals surface area contributed by atoms with Crippen LogP contribution in [0.15, 0.2) is 52.4 Å². The normalized spacial score (nSPS) is 16.9. The molecule has 2 N–H and O–H groups in total. The van der Waals surface area contributed by atoms with Gasteiger partial charge in [-0.05, 0) is 73.1 Å². The summed E-state index contributed by atoms with van der Waals surface area (Å²) < 4.78 is 11.2. The highest BCUT2D eigenvalue weighted by molar-refractivity contribution is 8.18. The zero-order valence-electron chi connectivity index (χ0n) is 16.9. The third-order valence-electron chi connectivity index (χ3n) is 4.19. The minimum absolute atomic E-state index is 0.257. The summed E-state index contributed by atoms with van der Waals surface area (Å²) in [6.07, 6.45) is 1.07. The molecule has 1 heterocycles. The minimum atomic E-state index is -1.04. The van der Waals surface area contributed by atoms with Crippen molar-refractivity contribution in [2.24, 2.45) is 4.99 Å². The summed E-state index contributed by atoms with van der Waals surface area (Å²) in [5.41, 5.74) is 1.39. The van der Waals surface area contributed by atoms with Crippen molar-refractivity contribution in [1.29, 1.82) is 0 Å². The molecule has 1 unspecified atom stereocenters. The number of carboxylic acid groups (broad SMARTS) is 1. The molecule has 0 bridgehead atoms. The molecule has 7 nitrogen and oxygen atoms in total. The Morgan fingerprint density at radius 1 is 1.23 bits per heavy atom. The Hall–Kier alpha value is -2.97. The number of carbonyl (C=O) groups excluding carboxylic acids is 1. The molecule has 1 saturated heterocycles. The Morgan fingerprint density at radius 3 is 2.61 bits per heavy atom. The zero-order valence-corrected chi connectivity index (χ0v) is 18.5. The van der Waals surface area contributed by atoms with Gasteiger partial charge in [0.05, 0.1) is 17.2 Å². The zero-order chi connectivity index (χ0) is 22.4. The van der Waals surface area contributed by atoms with Gasteiger partial charge in [0, 0.05) is 5.02 Å². The van der Waals surface area contributed by atoms with E-state index in [4.69, 9.17) is 21.1 Å². The number of thioether (sulfide) groups is 1. The number of aliphatic imine (C=N–C) groups is 1. The number of nitrogens with zero attached hydrogens (tertiary/aromatic N) is 1. The topological polar surface area (TPSA) is 97.2 Å². The average Bonchev–Trinajstić information content (AvgIpc) is 3.07. The van der Waals surface area contributed by atoms with Gasteiger partial charge in [0.1, 0.15) is 0 Å². The highest BCUT2D eigenvalue weighted by atomic mass is 35.5. The number of carboxylic acids is 1. The number of nitrogens with one attached hydrogen (secondary N) is 1. The highest BCUT2D eigenvalue weighted by Gasteiger charge is 2.24. The minimum Gasteiger partial charge on any atom is -0.490 e. The highest BCUT2D eigenvalue weighted by Crippen LogP contribution is 2.33. The van der Waals surface area contributed by atoms with E-state index in [-0.39, 0.29) is 5.91 Å². The first-order valence-electron chi connectivity index (χ1n) is 9.61. The number of hydrogen-bond donors (Lipinski definition) is 2. The average molecular weight is 461 g/mol. The Morgan fingerprint density at radius 2 is 1.97 bits per heavy atom. The van der Waals surface area contributed by atoms with Crippen molar-refractivity contribution < 1.29 is 24.2 Å². The maximum absolute atomic E-state index is 12.3. The number of hydrogen-bond acceptors (Lipinski definition) is 6. The lowest BCUT2D eigenvalue weighted by atomic mass is 10.1. The van der Waals surface area contributed by atoms with Gasteiger partial charge in [-0.15, -0.1) is 0 Å². The van der Waals surface area contributed by atoms with Crippen LogP contribution in [0.2, 0.25) is 5.02 Å². The molecule has 1 aliphatic rings. The van der Waals surface area contributed by atoms with Gasteiger partial charge in [0.2, 0.25) is 0 Å². The molecule has 0 aliphatic carbocycles. The van der Waals surface area contributed by atoms with Crippen molar-refractivity contribution in [3.63, 3.8) is 0 Å². The molecule has 1 atom stereocenters. The quantitative estimate of drug-likeness (QED) is 0.545. The fourth-order valence-electron chi connectivity index (χ4n) is 2.71. The molecule has 31 heavy (non-hydrogen) atoms. The number of ether oxygens (including phenoxy) is 2. The van der Waals surface area contributed by atoms with Crippen LogP contribution in [0.1, 0.15) is 25.8 Å².